The number of amides is 2. The van der Waals surface area contributed by atoms with E-state index >= 15 is 0 Å². The van der Waals surface area contributed by atoms with E-state index in [1.165, 1.54) is 0 Å². The van der Waals surface area contributed by atoms with Crippen molar-refractivity contribution in [1.82, 2.24) is 10.6 Å². The summed E-state index contributed by atoms with van der Waals surface area (Å²) < 4.78 is 0. The molecule has 0 bridgehead atoms. The minimum absolute atomic E-state index is 0.200. The first kappa shape index (κ1) is 11.4. The van der Waals surface area contributed by atoms with E-state index in [9.17, 15) is 14.4 Å². The molecule has 84 valence electrons. The molecular formula is C8H12N2O5. The highest BCUT2D eigenvalue weighted by Crippen LogP contribution is 2.05. The summed E-state index contributed by atoms with van der Waals surface area (Å²) in [7, 11) is 0. The van der Waals surface area contributed by atoms with Gasteiger partial charge in [-0.2, -0.15) is 0 Å². The number of carbonyl (C=O) groups excluding carboxylic acids is 2. The lowest BCUT2D eigenvalue weighted by Crippen LogP contribution is -2.45. The molecule has 1 fully saturated rings. The monoisotopic (exact) mass is 216 g/mol. The van der Waals surface area contributed by atoms with Crippen molar-refractivity contribution < 1.29 is 24.6 Å². The second-order valence-corrected chi connectivity index (χ2v) is 3.26. The number of hydrogen-bond donors (Lipinski definition) is 4. The summed E-state index contributed by atoms with van der Waals surface area (Å²) >= 11 is 0. The smallest absolute Gasteiger partial charge is 0.334 e. The van der Waals surface area contributed by atoms with Crippen molar-refractivity contribution >= 4 is 17.8 Å². The van der Waals surface area contributed by atoms with Crippen molar-refractivity contribution in [1.29, 1.82) is 0 Å². The van der Waals surface area contributed by atoms with Gasteiger partial charge in [-0.25, -0.2) is 4.79 Å². The van der Waals surface area contributed by atoms with E-state index in [4.69, 9.17) is 10.2 Å². The van der Waals surface area contributed by atoms with Crippen LogP contribution in [0.2, 0.25) is 0 Å². The SMILES string of the molecule is O=C1CC[C@H](C(=O)NCC(O)C(=O)O)N1. The number of hydrogen-bond acceptors (Lipinski definition) is 4. The number of carbonyl (C=O) groups is 3. The Morgan fingerprint density at radius 3 is 2.73 bits per heavy atom. The zero-order chi connectivity index (χ0) is 11.4. The zero-order valence-electron chi connectivity index (χ0n) is 7.90. The van der Waals surface area contributed by atoms with E-state index in [0.717, 1.165) is 0 Å². The summed E-state index contributed by atoms with van der Waals surface area (Å²) in [5.74, 6) is -2.07. The molecule has 7 nitrogen and oxygen atoms in total. The van der Waals surface area contributed by atoms with Gasteiger partial charge in [0.1, 0.15) is 6.04 Å². The Kier molecular flexibility index (Phi) is 3.62. The fraction of sp³-hybridized carbons (Fsp3) is 0.625. The molecule has 0 aromatic heterocycles. The summed E-state index contributed by atoms with van der Waals surface area (Å²) in [6, 6.07) is -0.613. The second kappa shape index (κ2) is 4.74. The van der Waals surface area contributed by atoms with Gasteiger partial charge in [-0.05, 0) is 6.42 Å². The predicted molar refractivity (Wildman–Crippen MR) is 47.8 cm³/mol. The summed E-state index contributed by atoms with van der Waals surface area (Å²) in [4.78, 5) is 32.3. The van der Waals surface area contributed by atoms with Crippen LogP contribution in [0.5, 0.6) is 0 Å². The van der Waals surface area contributed by atoms with E-state index in [1.807, 2.05) is 0 Å². The highest BCUT2D eigenvalue weighted by atomic mass is 16.4. The van der Waals surface area contributed by atoms with Gasteiger partial charge in [-0.15, -0.1) is 0 Å². The first-order chi connectivity index (χ1) is 7.00. The molecule has 1 rings (SSSR count). The van der Waals surface area contributed by atoms with Crippen molar-refractivity contribution in [3.8, 4) is 0 Å². The number of carboxylic acid groups (broad SMARTS) is 1. The first-order valence-electron chi connectivity index (χ1n) is 4.48. The average molecular weight is 216 g/mol. The van der Waals surface area contributed by atoms with Gasteiger partial charge in [0.05, 0.1) is 6.54 Å². The molecule has 0 saturated carbocycles. The average Bonchev–Trinajstić information content (AvgIpc) is 2.60. The van der Waals surface area contributed by atoms with Gasteiger partial charge >= 0.3 is 5.97 Å². The van der Waals surface area contributed by atoms with Crippen LogP contribution in [0, 0.1) is 0 Å². The third-order valence-electron chi connectivity index (χ3n) is 2.07. The summed E-state index contributed by atoms with van der Waals surface area (Å²) in [5, 5.41) is 21.9. The number of carboxylic acids is 1. The number of rotatable bonds is 4. The maximum absolute atomic E-state index is 11.3. The molecule has 7 heteroatoms. The van der Waals surface area contributed by atoms with Crippen LogP contribution in [0.3, 0.4) is 0 Å². The largest absolute Gasteiger partial charge is 0.479 e. The summed E-state index contributed by atoms with van der Waals surface area (Å²) in [6.45, 7) is -0.361. The lowest BCUT2D eigenvalue weighted by molar-refractivity contribution is -0.146. The van der Waals surface area contributed by atoms with E-state index in [1.54, 1.807) is 0 Å². The molecule has 2 amide bonds. The predicted octanol–water partition coefficient (Wildman–Crippen LogP) is -2.17. The first-order valence-corrected chi connectivity index (χ1v) is 4.48. The highest BCUT2D eigenvalue weighted by molar-refractivity contribution is 5.91. The Hall–Kier alpha value is -1.63. The summed E-state index contributed by atoms with van der Waals surface area (Å²) in [5.41, 5.74) is 0. The molecular weight excluding hydrogens is 204 g/mol. The van der Waals surface area contributed by atoms with Gasteiger partial charge in [-0.1, -0.05) is 0 Å². The van der Waals surface area contributed by atoms with Crippen molar-refractivity contribution in [2.45, 2.75) is 25.0 Å². The summed E-state index contributed by atoms with van der Waals surface area (Å²) in [6.07, 6.45) is -0.931. The number of aliphatic hydroxyl groups excluding tert-OH is 1. The van der Waals surface area contributed by atoms with Crippen molar-refractivity contribution in [2.24, 2.45) is 0 Å². The Morgan fingerprint density at radius 1 is 1.60 bits per heavy atom. The van der Waals surface area contributed by atoms with Crippen LogP contribution in [-0.2, 0) is 14.4 Å². The van der Waals surface area contributed by atoms with Gasteiger partial charge in [0, 0.05) is 6.42 Å². The van der Waals surface area contributed by atoms with E-state index in [-0.39, 0.29) is 12.5 Å². The van der Waals surface area contributed by atoms with Crippen molar-refractivity contribution in [2.75, 3.05) is 6.54 Å². The Morgan fingerprint density at radius 2 is 2.27 bits per heavy atom. The zero-order valence-corrected chi connectivity index (χ0v) is 7.90. The van der Waals surface area contributed by atoms with Gasteiger partial charge in [0.2, 0.25) is 11.8 Å². The van der Waals surface area contributed by atoms with Gasteiger partial charge in [0.15, 0.2) is 6.10 Å². The standard InChI is InChI=1S/C8H12N2O5/c11-5(8(14)15)3-9-7(13)4-1-2-6(12)10-4/h4-5,11H,1-3H2,(H,9,13)(H,10,12)(H,14,15)/t4-,5?/m1/s1. The molecule has 15 heavy (non-hydrogen) atoms. The third kappa shape index (κ3) is 3.21. The second-order valence-electron chi connectivity index (χ2n) is 3.26. The van der Waals surface area contributed by atoms with Crippen molar-refractivity contribution in [3.63, 3.8) is 0 Å². The topological polar surface area (TPSA) is 116 Å². The van der Waals surface area contributed by atoms with Crippen molar-refractivity contribution in [3.05, 3.63) is 0 Å². The molecule has 2 atom stereocenters. The van der Waals surface area contributed by atoms with E-state index in [0.29, 0.717) is 12.8 Å². The molecule has 4 N–H and O–H groups in total. The molecule has 0 radical (unpaired) electrons. The van der Waals surface area contributed by atoms with Crippen LogP contribution in [0.4, 0.5) is 0 Å². The molecule has 0 spiro atoms. The Balaban J connectivity index is 2.30. The minimum Gasteiger partial charge on any atom is -0.479 e. The van der Waals surface area contributed by atoms with Gasteiger partial charge in [0.25, 0.3) is 0 Å². The lowest BCUT2D eigenvalue weighted by Gasteiger charge is -2.11. The quantitative estimate of drug-likeness (QED) is 0.426. The molecule has 0 aromatic carbocycles. The van der Waals surface area contributed by atoms with E-state index < -0.39 is 24.0 Å². The normalized spacial score (nSPS) is 21.9. The van der Waals surface area contributed by atoms with Crippen LogP contribution < -0.4 is 10.6 Å². The fourth-order valence-electron chi connectivity index (χ4n) is 1.22. The maximum Gasteiger partial charge on any atom is 0.334 e. The molecule has 1 saturated heterocycles. The lowest BCUT2D eigenvalue weighted by atomic mass is 10.2. The molecule has 0 aliphatic carbocycles. The van der Waals surface area contributed by atoms with Crippen LogP contribution in [0.1, 0.15) is 12.8 Å². The molecule has 1 aliphatic rings. The highest BCUT2D eigenvalue weighted by Gasteiger charge is 2.27. The molecule has 0 aromatic rings. The van der Waals surface area contributed by atoms with Crippen LogP contribution >= 0.6 is 0 Å². The third-order valence-corrected chi connectivity index (χ3v) is 2.07. The minimum atomic E-state index is -1.62. The molecule has 1 unspecified atom stereocenters. The molecule has 1 heterocycles. The molecule has 1 aliphatic heterocycles. The van der Waals surface area contributed by atoms with Crippen LogP contribution in [-0.4, -0.2) is 46.7 Å². The number of aliphatic carboxylic acids is 1. The van der Waals surface area contributed by atoms with Crippen LogP contribution in [0.15, 0.2) is 0 Å². The fourth-order valence-corrected chi connectivity index (χ4v) is 1.22. The Bertz CT molecular complexity index is 291. The van der Waals surface area contributed by atoms with Crippen LogP contribution in [0.25, 0.3) is 0 Å². The number of nitrogens with one attached hydrogen (secondary N) is 2. The maximum atomic E-state index is 11.3. The number of aliphatic hydroxyl groups is 1. The van der Waals surface area contributed by atoms with Gasteiger partial charge in [-0.3, -0.25) is 9.59 Å². The Labute approximate surface area is 85.5 Å². The van der Waals surface area contributed by atoms with Gasteiger partial charge < -0.3 is 20.8 Å². The van der Waals surface area contributed by atoms with E-state index in [2.05, 4.69) is 10.6 Å².